The topological polar surface area (TPSA) is 131 Å². The molecule has 1 saturated carbocycles. The van der Waals surface area contributed by atoms with Gasteiger partial charge < -0.3 is 21.1 Å². The molecule has 1 aliphatic rings. The normalized spacial score (nSPS) is 19.2. The zero-order valence-corrected chi connectivity index (χ0v) is 21.5. The van der Waals surface area contributed by atoms with E-state index in [4.69, 9.17) is 0 Å². The molecule has 0 unspecified atom stereocenters. The van der Waals surface area contributed by atoms with E-state index in [1.807, 2.05) is 6.92 Å². The lowest BCUT2D eigenvalue weighted by Gasteiger charge is -2.34. The summed E-state index contributed by atoms with van der Waals surface area (Å²) < 4.78 is 53.6. The highest BCUT2D eigenvalue weighted by Crippen LogP contribution is 2.34. The smallest absolute Gasteiger partial charge is 0.333 e. The van der Waals surface area contributed by atoms with Crippen molar-refractivity contribution in [1.82, 2.24) is 34.5 Å². The molecule has 4 heterocycles. The second kappa shape index (κ2) is 11.5. The fourth-order valence-electron chi connectivity index (χ4n) is 4.49. The average Bonchev–Trinajstić information content (AvgIpc) is 3.56. The van der Waals surface area contributed by atoms with Crippen LogP contribution in [0.2, 0.25) is 0 Å². The van der Waals surface area contributed by atoms with Gasteiger partial charge in [0.15, 0.2) is 0 Å². The summed E-state index contributed by atoms with van der Waals surface area (Å²) in [5.41, 5.74) is 0.794. The average molecular weight is 561 g/mol. The van der Waals surface area contributed by atoms with Crippen LogP contribution in [-0.4, -0.2) is 57.7 Å². The predicted molar refractivity (Wildman–Crippen MR) is 140 cm³/mol. The Morgan fingerprint density at radius 2 is 1.85 bits per heavy atom. The van der Waals surface area contributed by atoms with E-state index in [0.717, 1.165) is 17.5 Å². The third-order valence-corrected chi connectivity index (χ3v) is 6.59. The highest BCUT2D eigenvalue weighted by molar-refractivity contribution is 5.78. The molecule has 0 saturated heterocycles. The molecule has 0 atom stereocenters. The summed E-state index contributed by atoms with van der Waals surface area (Å²) in [4.78, 5) is 12.9. The number of rotatable bonds is 10. The summed E-state index contributed by atoms with van der Waals surface area (Å²) in [5, 5.41) is 27.6. The first-order valence-electron chi connectivity index (χ1n) is 12.6. The fraction of sp³-hybridized carbons (Fsp3) is 0.400. The molecule has 0 bridgehead atoms. The highest BCUT2D eigenvalue weighted by Gasteiger charge is 2.29. The van der Waals surface area contributed by atoms with Crippen molar-refractivity contribution in [2.75, 3.05) is 16.0 Å². The number of alkyl halides is 4. The maximum Gasteiger partial charge on any atom is 0.333 e. The number of nitrogens with zero attached hydrogens (tertiary/aromatic N) is 7. The Kier molecular flexibility index (Phi) is 7.82. The van der Waals surface area contributed by atoms with E-state index in [1.54, 1.807) is 12.1 Å². The molecule has 11 nitrogen and oxygen atoms in total. The van der Waals surface area contributed by atoms with Gasteiger partial charge in [-0.05, 0) is 44.7 Å². The number of nitrogens with one attached hydrogen (secondary N) is 3. The summed E-state index contributed by atoms with van der Waals surface area (Å²) in [5.74, 6) is 1.25. The Morgan fingerprint density at radius 1 is 1.05 bits per heavy atom. The van der Waals surface area contributed by atoms with Gasteiger partial charge in [0.05, 0.1) is 17.5 Å². The molecule has 1 fully saturated rings. The Morgan fingerprint density at radius 3 is 2.58 bits per heavy atom. The number of hydrogen-bond acceptors (Lipinski definition) is 9. The number of aromatic nitrogens is 7. The maximum absolute atomic E-state index is 13.2. The van der Waals surface area contributed by atoms with Crippen LogP contribution in [0.3, 0.4) is 0 Å². The van der Waals surface area contributed by atoms with Crippen molar-refractivity contribution in [3.8, 4) is 11.3 Å². The van der Waals surface area contributed by atoms with Crippen molar-refractivity contribution in [2.24, 2.45) is 0 Å². The molecule has 4 aromatic heterocycles. The molecule has 0 aliphatic heterocycles. The molecule has 212 valence electrons. The first kappa shape index (κ1) is 27.3. The van der Waals surface area contributed by atoms with Gasteiger partial charge >= 0.3 is 6.55 Å². The van der Waals surface area contributed by atoms with Crippen molar-refractivity contribution in [2.45, 2.75) is 63.8 Å². The van der Waals surface area contributed by atoms with Gasteiger partial charge in [-0.25, -0.2) is 28.1 Å². The Labute approximate surface area is 226 Å². The van der Waals surface area contributed by atoms with Crippen LogP contribution in [0, 0.1) is 0 Å². The zero-order chi connectivity index (χ0) is 28.3. The Balaban J connectivity index is 1.37. The van der Waals surface area contributed by atoms with Crippen LogP contribution in [0.25, 0.3) is 11.3 Å². The van der Waals surface area contributed by atoms with E-state index in [9.17, 15) is 22.7 Å². The van der Waals surface area contributed by atoms with Crippen molar-refractivity contribution < 1.29 is 22.7 Å². The van der Waals surface area contributed by atoms with Gasteiger partial charge in [0.1, 0.15) is 24.0 Å². The van der Waals surface area contributed by atoms with Crippen LogP contribution in [0.4, 0.5) is 46.7 Å². The monoisotopic (exact) mass is 560 g/mol. The number of aliphatic hydroxyl groups is 1. The summed E-state index contributed by atoms with van der Waals surface area (Å²) >= 11 is 0. The van der Waals surface area contributed by atoms with E-state index >= 15 is 0 Å². The van der Waals surface area contributed by atoms with Gasteiger partial charge in [0.25, 0.3) is 6.43 Å². The first-order valence-corrected chi connectivity index (χ1v) is 12.6. The second-order valence-electron chi connectivity index (χ2n) is 9.79. The summed E-state index contributed by atoms with van der Waals surface area (Å²) in [6, 6.07) is 6.42. The molecule has 5 rings (SSSR count). The standard InChI is InChI=1S/C25H28F4N10O/c1-25(40)7-2-15(3-8-25)33-18-12-21(31-13-16(18)17-6-11-38(37-17)23(28)29)34-20-4-9-30-24(35-20)36-22-5-10-32-39(22)14-19(26)27/h4-6,9-13,15,19,23,40H,2-3,7-8,14H2,1H3,(H3,30,31,33,34,35,36). The molecule has 0 spiro atoms. The lowest BCUT2D eigenvalue weighted by molar-refractivity contribution is 0.0196. The van der Waals surface area contributed by atoms with Crippen molar-refractivity contribution in [3.63, 3.8) is 0 Å². The molecule has 0 aromatic carbocycles. The minimum atomic E-state index is -2.77. The minimum absolute atomic E-state index is 0.0550. The quantitative estimate of drug-likeness (QED) is 0.194. The summed E-state index contributed by atoms with van der Waals surface area (Å²) in [6.45, 7) is -1.53. The lowest BCUT2D eigenvalue weighted by atomic mass is 9.83. The molecule has 0 amide bonds. The Hall–Kier alpha value is -4.27. The van der Waals surface area contributed by atoms with Gasteiger partial charge in [-0.1, -0.05) is 0 Å². The zero-order valence-electron chi connectivity index (χ0n) is 21.5. The van der Waals surface area contributed by atoms with Crippen LogP contribution in [-0.2, 0) is 6.54 Å². The largest absolute Gasteiger partial charge is 0.390 e. The Bertz CT molecular complexity index is 1430. The van der Waals surface area contributed by atoms with Crippen LogP contribution >= 0.6 is 0 Å². The van der Waals surface area contributed by atoms with Crippen LogP contribution in [0.5, 0.6) is 0 Å². The van der Waals surface area contributed by atoms with E-state index < -0.39 is 25.1 Å². The van der Waals surface area contributed by atoms with Gasteiger partial charge in [0, 0.05) is 48.0 Å². The van der Waals surface area contributed by atoms with Crippen LogP contribution in [0.15, 0.2) is 49.1 Å². The van der Waals surface area contributed by atoms with E-state index in [1.165, 1.54) is 36.9 Å². The number of halogens is 4. The predicted octanol–water partition coefficient (Wildman–Crippen LogP) is 5.18. The van der Waals surface area contributed by atoms with E-state index in [0.29, 0.717) is 51.9 Å². The first-order chi connectivity index (χ1) is 19.1. The third-order valence-electron chi connectivity index (χ3n) is 6.59. The van der Waals surface area contributed by atoms with Crippen LogP contribution < -0.4 is 16.0 Å². The molecule has 1 aliphatic carbocycles. The van der Waals surface area contributed by atoms with Crippen molar-refractivity contribution >= 4 is 29.1 Å². The van der Waals surface area contributed by atoms with Gasteiger partial charge in [-0.2, -0.15) is 24.0 Å². The van der Waals surface area contributed by atoms with Gasteiger partial charge in [0.2, 0.25) is 5.95 Å². The minimum Gasteiger partial charge on any atom is -0.390 e. The molecular weight excluding hydrogens is 532 g/mol. The number of pyridine rings is 1. The molecular formula is C25H28F4N10O. The molecule has 15 heteroatoms. The fourth-order valence-corrected chi connectivity index (χ4v) is 4.49. The second-order valence-corrected chi connectivity index (χ2v) is 9.79. The van der Waals surface area contributed by atoms with Crippen molar-refractivity contribution in [1.29, 1.82) is 0 Å². The van der Waals surface area contributed by atoms with Gasteiger partial charge in [-0.15, -0.1) is 0 Å². The van der Waals surface area contributed by atoms with Crippen LogP contribution in [0.1, 0.15) is 39.2 Å². The van der Waals surface area contributed by atoms with Gasteiger partial charge in [-0.3, -0.25) is 0 Å². The number of anilines is 5. The lowest BCUT2D eigenvalue weighted by Crippen LogP contribution is -2.35. The highest BCUT2D eigenvalue weighted by atomic mass is 19.3. The third kappa shape index (κ3) is 6.65. The summed E-state index contributed by atoms with van der Waals surface area (Å²) in [6.07, 6.45) is 5.76. The SMILES string of the molecule is CC1(O)CCC(Nc2cc(Nc3ccnc(Nc4ccnn4CC(F)F)n3)ncc2-c2ccn(C(F)F)n2)CC1. The molecule has 4 N–H and O–H groups in total. The van der Waals surface area contributed by atoms with E-state index in [2.05, 4.69) is 41.1 Å². The summed E-state index contributed by atoms with van der Waals surface area (Å²) in [7, 11) is 0. The molecule has 4 aromatic rings. The molecule has 0 radical (unpaired) electrons. The number of hydrogen-bond donors (Lipinski definition) is 4. The maximum atomic E-state index is 13.2. The van der Waals surface area contributed by atoms with E-state index in [-0.39, 0.29) is 12.0 Å². The van der Waals surface area contributed by atoms with Crippen molar-refractivity contribution in [3.05, 3.63) is 49.1 Å². The molecule has 40 heavy (non-hydrogen) atoms.